The minimum absolute atomic E-state index is 0.0338. The first-order valence-electron chi connectivity index (χ1n) is 11.9. The lowest BCUT2D eigenvalue weighted by Crippen LogP contribution is -2.08. The number of hydrogen-bond acceptors (Lipinski definition) is 2. The maximum atomic E-state index is 12.4. The van der Waals surface area contributed by atoms with Crippen LogP contribution in [0.5, 0.6) is 5.75 Å². The lowest BCUT2D eigenvalue weighted by molar-refractivity contribution is 0.0909. The number of carbonyl (C=O) groups is 1. The quantitative estimate of drug-likeness (QED) is 0.299. The van der Waals surface area contributed by atoms with Crippen LogP contribution in [0.2, 0.25) is 0 Å². The lowest BCUT2D eigenvalue weighted by atomic mass is 10.2. The minimum Gasteiger partial charge on any atom is -0.508 e. The molecule has 3 nitrogen and oxygen atoms in total. The van der Waals surface area contributed by atoms with Gasteiger partial charge in [0.1, 0.15) is 5.75 Å². The van der Waals surface area contributed by atoms with E-state index in [-0.39, 0.29) is 11.7 Å². The fourth-order valence-corrected chi connectivity index (χ4v) is 3.23. The molecule has 0 spiro atoms. The number of rotatable bonds is 14. The summed E-state index contributed by atoms with van der Waals surface area (Å²) >= 11 is 0. The van der Waals surface area contributed by atoms with E-state index in [1.54, 1.807) is 29.0 Å². The zero-order valence-electron chi connectivity index (χ0n) is 19.7. The molecule has 1 aromatic heterocycles. The van der Waals surface area contributed by atoms with Crippen LogP contribution < -0.4 is 0 Å². The van der Waals surface area contributed by atoms with Gasteiger partial charge in [0.25, 0.3) is 0 Å². The summed E-state index contributed by atoms with van der Waals surface area (Å²) in [5.74, 6) is 0.216. The van der Waals surface area contributed by atoms with E-state index in [2.05, 4.69) is 85.9 Å². The first-order valence-corrected chi connectivity index (χ1v) is 11.9. The van der Waals surface area contributed by atoms with Crippen LogP contribution in [0.1, 0.15) is 63.1 Å². The molecule has 3 heteroatoms. The summed E-state index contributed by atoms with van der Waals surface area (Å²) in [6, 6.07) is 7.96. The molecule has 33 heavy (non-hydrogen) atoms. The average molecular weight is 443 g/mol. The summed E-state index contributed by atoms with van der Waals surface area (Å²) in [5.41, 5.74) is 0.778. The van der Waals surface area contributed by atoms with E-state index < -0.39 is 0 Å². The van der Waals surface area contributed by atoms with Gasteiger partial charge in [-0.3, -0.25) is 9.36 Å². The molecule has 1 aromatic carbocycles. The summed E-state index contributed by atoms with van der Waals surface area (Å²) in [5, 5.41) is 10.3. The molecule has 1 radical (unpaired) electrons. The van der Waals surface area contributed by atoms with Gasteiger partial charge in [0.2, 0.25) is 5.91 Å². The van der Waals surface area contributed by atoms with Crippen LogP contribution in [0.4, 0.5) is 0 Å². The number of carbonyl (C=O) groups excluding carboxylic acids is 1. The highest BCUT2D eigenvalue weighted by atomic mass is 16.3. The number of nitrogens with zero attached hydrogens (tertiary/aromatic N) is 1. The van der Waals surface area contributed by atoms with Crippen molar-refractivity contribution in [3.63, 3.8) is 0 Å². The van der Waals surface area contributed by atoms with Crippen molar-refractivity contribution in [3.05, 3.63) is 103 Å². The summed E-state index contributed by atoms with van der Waals surface area (Å²) in [6.45, 7) is 2.15. The normalized spacial score (nSPS) is 12.9. The Labute approximate surface area is 198 Å². The second-order valence-corrected chi connectivity index (χ2v) is 7.69. The monoisotopic (exact) mass is 442 g/mol. The molecule has 0 aliphatic heterocycles. The zero-order valence-corrected chi connectivity index (χ0v) is 19.7. The van der Waals surface area contributed by atoms with Gasteiger partial charge in [-0.25, -0.2) is 0 Å². The molecule has 0 unspecified atom stereocenters. The Kier molecular flexibility index (Phi) is 12.8. The molecule has 0 atom stereocenters. The van der Waals surface area contributed by atoms with Crippen molar-refractivity contribution >= 4 is 16.8 Å². The fraction of sp³-hybridized carbons (Fsp3) is 0.300. The SMILES string of the molecule is CCC=CCC=CCC=CCC=CCC=CCC=CCCC(=O)n1c[c]c2cc(O)ccc21. The third-order valence-corrected chi connectivity index (χ3v) is 4.98. The van der Waals surface area contributed by atoms with E-state index in [9.17, 15) is 9.90 Å². The van der Waals surface area contributed by atoms with Crippen molar-refractivity contribution in [2.75, 3.05) is 0 Å². The van der Waals surface area contributed by atoms with Crippen LogP contribution in [0.15, 0.2) is 97.3 Å². The smallest absolute Gasteiger partial charge is 0.231 e. The number of benzene rings is 1. The predicted molar refractivity (Wildman–Crippen MR) is 141 cm³/mol. The van der Waals surface area contributed by atoms with Gasteiger partial charge in [-0.1, -0.05) is 79.8 Å². The molecule has 0 aliphatic rings. The Morgan fingerprint density at radius 2 is 1.33 bits per heavy atom. The molecule has 0 saturated heterocycles. The van der Waals surface area contributed by atoms with Gasteiger partial charge in [-0.05, 0) is 63.1 Å². The average Bonchev–Trinajstić information content (AvgIpc) is 3.23. The summed E-state index contributed by atoms with van der Waals surface area (Å²) in [7, 11) is 0. The first kappa shape index (κ1) is 25.9. The van der Waals surface area contributed by atoms with Crippen molar-refractivity contribution < 1.29 is 9.90 Å². The Balaban J connectivity index is 1.53. The molecule has 2 aromatic rings. The Morgan fingerprint density at radius 1 is 0.818 bits per heavy atom. The molecule has 1 N–H and O–H groups in total. The fourth-order valence-electron chi connectivity index (χ4n) is 3.23. The van der Waals surface area contributed by atoms with Crippen LogP contribution >= 0.6 is 0 Å². The van der Waals surface area contributed by atoms with Gasteiger partial charge in [0, 0.05) is 24.1 Å². The Morgan fingerprint density at radius 3 is 1.88 bits per heavy atom. The van der Waals surface area contributed by atoms with Crippen LogP contribution in [-0.4, -0.2) is 15.6 Å². The number of phenolic OH excluding ortho intramolecular Hbond substituents is 1. The highest BCUT2D eigenvalue weighted by Crippen LogP contribution is 2.21. The van der Waals surface area contributed by atoms with Crippen molar-refractivity contribution in [3.8, 4) is 5.75 Å². The van der Waals surface area contributed by atoms with Crippen LogP contribution in [0, 0.1) is 6.07 Å². The maximum Gasteiger partial charge on any atom is 0.231 e. The van der Waals surface area contributed by atoms with Gasteiger partial charge in [0.05, 0.1) is 5.52 Å². The van der Waals surface area contributed by atoms with Crippen molar-refractivity contribution in [2.24, 2.45) is 0 Å². The molecule has 0 aliphatic carbocycles. The van der Waals surface area contributed by atoms with Gasteiger partial charge in [-0.2, -0.15) is 0 Å². The molecular weight excluding hydrogens is 406 g/mol. The third kappa shape index (κ3) is 10.7. The molecule has 0 fully saturated rings. The summed E-state index contributed by atoms with van der Waals surface area (Å²) in [4.78, 5) is 12.4. The number of aromatic nitrogens is 1. The van der Waals surface area contributed by atoms with E-state index in [4.69, 9.17) is 0 Å². The number of aromatic hydroxyl groups is 1. The molecule has 1 heterocycles. The highest BCUT2D eigenvalue weighted by Gasteiger charge is 2.08. The number of allylic oxidation sites excluding steroid dienone is 12. The predicted octanol–water partition coefficient (Wildman–Crippen LogP) is 8.27. The molecule has 0 saturated carbocycles. The number of fused-ring (bicyclic) bond motifs is 1. The van der Waals surface area contributed by atoms with E-state index in [1.807, 2.05) is 0 Å². The highest BCUT2D eigenvalue weighted by molar-refractivity contribution is 5.92. The molecular formula is C30H36NO2. The zero-order chi connectivity index (χ0) is 23.6. The second kappa shape index (κ2) is 16.3. The Bertz CT molecular complexity index is 1020. The lowest BCUT2D eigenvalue weighted by Gasteiger charge is -2.02. The molecule has 0 amide bonds. The topological polar surface area (TPSA) is 42.2 Å². The number of phenols is 1. The van der Waals surface area contributed by atoms with Gasteiger partial charge in [-0.15, -0.1) is 0 Å². The van der Waals surface area contributed by atoms with Crippen LogP contribution in [-0.2, 0) is 0 Å². The van der Waals surface area contributed by atoms with Crippen molar-refractivity contribution in [1.82, 2.24) is 4.57 Å². The molecule has 173 valence electrons. The second-order valence-electron chi connectivity index (χ2n) is 7.69. The largest absolute Gasteiger partial charge is 0.508 e. The van der Waals surface area contributed by atoms with Crippen molar-refractivity contribution in [2.45, 2.75) is 58.3 Å². The van der Waals surface area contributed by atoms with E-state index >= 15 is 0 Å². The first-order chi connectivity index (χ1) is 16.2. The van der Waals surface area contributed by atoms with Gasteiger partial charge >= 0.3 is 0 Å². The molecule has 2 rings (SSSR count). The van der Waals surface area contributed by atoms with Crippen molar-refractivity contribution in [1.29, 1.82) is 0 Å². The standard InChI is InChI=1S/C30H36NO2/c1-2-3-4-5-6-7-8-9-10-11-12-13-14-15-16-17-18-19-20-21-30(33)31-25-24-27-26-28(32)22-23-29(27)31/h3-4,6-7,9-10,12-13,15-16,18-19,22-23,25-26,32H,2,5,8,11,14,17,20-21H2,1H3. The van der Waals surface area contributed by atoms with E-state index in [1.165, 1.54) is 0 Å². The van der Waals surface area contributed by atoms with Gasteiger partial charge < -0.3 is 5.11 Å². The third-order valence-electron chi connectivity index (χ3n) is 4.98. The maximum absolute atomic E-state index is 12.4. The summed E-state index contributed by atoms with van der Waals surface area (Å²) in [6.07, 6.45) is 34.8. The summed E-state index contributed by atoms with van der Waals surface area (Å²) < 4.78 is 1.60. The Hall–Kier alpha value is -3.33. The number of hydrogen-bond donors (Lipinski definition) is 1. The minimum atomic E-state index is 0.0338. The van der Waals surface area contributed by atoms with E-state index in [0.717, 1.165) is 49.4 Å². The van der Waals surface area contributed by atoms with Crippen LogP contribution in [0.3, 0.4) is 0 Å². The van der Waals surface area contributed by atoms with Gasteiger partial charge in [0.15, 0.2) is 0 Å². The van der Waals surface area contributed by atoms with E-state index in [0.29, 0.717) is 12.8 Å². The van der Waals surface area contributed by atoms with Crippen LogP contribution in [0.25, 0.3) is 10.9 Å². The molecule has 0 bridgehead atoms.